The van der Waals surface area contributed by atoms with Crippen molar-refractivity contribution in [3.05, 3.63) is 42.0 Å². The predicted molar refractivity (Wildman–Crippen MR) is 150 cm³/mol. The minimum atomic E-state index is -3.55. The highest BCUT2D eigenvalue weighted by atomic mass is 32.2. The molecule has 1 aromatic carbocycles. The van der Waals surface area contributed by atoms with Gasteiger partial charge in [-0.2, -0.15) is 0 Å². The number of aromatic nitrogens is 2. The molecule has 2 saturated heterocycles. The van der Waals surface area contributed by atoms with E-state index in [0.717, 1.165) is 13.1 Å². The molecular weight excluding hydrogens is 558 g/mol. The normalized spacial score (nSPS) is 19.4. The summed E-state index contributed by atoms with van der Waals surface area (Å²) in [5.41, 5.74) is 0.956. The third-order valence-electron chi connectivity index (χ3n) is 6.49. The summed E-state index contributed by atoms with van der Waals surface area (Å²) in [5.74, 6) is -0.0634. The highest BCUT2D eigenvalue weighted by Crippen LogP contribution is 2.28. The van der Waals surface area contributed by atoms with Gasteiger partial charge >= 0.3 is 0 Å². The Hall–Kier alpha value is -3.17. The van der Waals surface area contributed by atoms with Crippen molar-refractivity contribution in [2.45, 2.75) is 35.7 Å². The largest absolute Gasteiger partial charge is 0.472 e. The van der Waals surface area contributed by atoms with Gasteiger partial charge in [0.25, 0.3) is 5.91 Å². The maximum absolute atomic E-state index is 13.4. The summed E-state index contributed by atoms with van der Waals surface area (Å²) in [5, 5.41) is 6.60. The molecule has 1 amide bonds. The topological polar surface area (TPSA) is 142 Å². The number of nitrogens with one attached hydrogen (secondary N) is 1. The molecule has 0 spiro atoms. The van der Waals surface area contributed by atoms with E-state index in [0.29, 0.717) is 39.9 Å². The molecule has 40 heavy (non-hydrogen) atoms. The van der Waals surface area contributed by atoms with E-state index in [2.05, 4.69) is 25.3 Å². The number of likely N-dealkylation sites (tertiary alicyclic amines) is 1. The van der Waals surface area contributed by atoms with Crippen LogP contribution in [0.1, 0.15) is 18.9 Å². The number of anilines is 1. The second-order valence-electron chi connectivity index (χ2n) is 9.77. The van der Waals surface area contributed by atoms with Crippen LogP contribution in [-0.4, -0.2) is 99.4 Å². The number of carbonyl (C=O) groups is 1. The molecule has 3 aromatic rings. The number of thiazole rings is 1. The zero-order valence-electron chi connectivity index (χ0n) is 22.4. The quantitative estimate of drug-likeness (QED) is 0.262. The van der Waals surface area contributed by atoms with E-state index in [1.54, 1.807) is 19.1 Å². The van der Waals surface area contributed by atoms with E-state index in [4.69, 9.17) is 19.0 Å². The van der Waals surface area contributed by atoms with E-state index in [-0.39, 0.29) is 29.9 Å². The zero-order valence-corrected chi connectivity index (χ0v) is 24.0. The average molecular weight is 590 g/mol. The van der Waals surface area contributed by atoms with Gasteiger partial charge in [0.1, 0.15) is 22.6 Å². The highest BCUT2D eigenvalue weighted by molar-refractivity contribution is 7.92. The molecule has 0 unspecified atom stereocenters. The van der Waals surface area contributed by atoms with E-state index in [1.807, 2.05) is 7.05 Å². The number of carbonyl (C=O) groups excluding carboxylic acids is 1. The minimum absolute atomic E-state index is 0.0403. The molecule has 12 nitrogen and oxygen atoms in total. The van der Waals surface area contributed by atoms with Crippen molar-refractivity contribution in [1.29, 1.82) is 0 Å². The monoisotopic (exact) mass is 589 g/mol. The molecule has 4 heterocycles. The Morgan fingerprint density at radius 3 is 2.67 bits per heavy atom. The first-order valence-electron chi connectivity index (χ1n) is 12.8. The zero-order chi connectivity index (χ0) is 28.3. The minimum Gasteiger partial charge on any atom is -0.472 e. The standard InChI is InChI=1S/C26H31N5O7S2/c1-16(14-35-3)38-30-23(17-4-6-19(7-5-17)40(33,34)20-10-11-36-15-20)24(32)29-26-27-21-8-9-22(28-25(21)39-26)37-18-12-31(2)13-18/h4-9,16,18,20H,10-15H2,1-3H3,(H,27,29,32)/b30-23+/t16-,20+/m1/s1. The van der Waals surface area contributed by atoms with Crippen molar-refractivity contribution in [2.75, 3.05) is 52.4 Å². The van der Waals surface area contributed by atoms with Gasteiger partial charge in [0.15, 0.2) is 20.7 Å². The molecule has 1 N–H and O–H groups in total. The van der Waals surface area contributed by atoms with Gasteiger partial charge < -0.3 is 19.0 Å². The Bertz CT molecular complexity index is 1480. The number of oxime groups is 1. The van der Waals surface area contributed by atoms with Gasteiger partial charge in [0.05, 0.1) is 23.4 Å². The van der Waals surface area contributed by atoms with Crippen molar-refractivity contribution in [1.82, 2.24) is 14.9 Å². The molecule has 0 radical (unpaired) electrons. The Morgan fingerprint density at radius 2 is 2.00 bits per heavy atom. The molecular formula is C26H31N5O7S2. The number of benzene rings is 1. The summed E-state index contributed by atoms with van der Waals surface area (Å²) in [6.07, 6.45) is 0.136. The fraction of sp³-hybridized carbons (Fsp3) is 0.462. The molecule has 5 rings (SSSR count). The third kappa shape index (κ3) is 6.41. The van der Waals surface area contributed by atoms with E-state index < -0.39 is 27.1 Å². The lowest BCUT2D eigenvalue weighted by Gasteiger charge is -2.35. The number of nitrogens with zero attached hydrogens (tertiary/aromatic N) is 4. The van der Waals surface area contributed by atoms with Gasteiger partial charge in [-0.1, -0.05) is 28.6 Å². The third-order valence-corrected chi connectivity index (χ3v) is 9.55. The number of amides is 1. The number of ether oxygens (including phenoxy) is 3. The number of rotatable bonds is 11. The van der Waals surface area contributed by atoms with Crippen LogP contribution < -0.4 is 10.1 Å². The maximum Gasteiger partial charge on any atom is 0.280 e. The van der Waals surface area contributed by atoms with Crippen LogP contribution in [0.2, 0.25) is 0 Å². The summed E-state index contributed by atoms with van der Waals surface area (Å²) in [4.78, 5) is 30.8. The van der Waals surface area contributed by atoms with Gasteiger partial charge in [-0.15, -0.1) is 0 Å². The van der Waals surface area contributed by atoms with Crippen molar-refractivity contribution in [3.63, 3.8) is 0 Å². The summed E-state index contributed by atoms with van der Waals surface area (Å²) in [6, 6.07) is 9.56. The van der Waals surface area contributed by atoms with Gasteiger partial charge in [0, 0.05) is 38.4 Å². The second-order valence-corrected chi connectivity index (χ2v) is 13.0. The van der Waals surface area contributed by atoms with Crippen LogP contribution in [0, 0.1) is 0 Å². The Balaban J connectivity index is 1.35. The number of pyridine rings is 1. The van der Waals surface area contributed by atoms with Crippen LogP contribution in [0.5, 0.6) is 5.88 Å². The van der Waals surface area contributed by atoms with Gasteiger partial charge in [0.2, 0.25) is 5.88 Å². The van der Waals surface area contributed by atoms with Gasteiger partial charge in [-0.3, -0.25) is 15.0 Å². The molecule has 2 aliphatic rings. The van der Waals surface area contributed by atoms with Crippen LogP contribution in [0.25, 0.3) is 10.3 Å². The molecule has 2 fully saturated rings. The smallest absolute Gasteiger partial charge is 0.280 e. The molecule has 2 aromatic heterocycles. The molecule has 0 bridgehead atoms. The highest BCUT2D eigenvalue weighted by Gasteiger charge is 2.31. The number of hydrogen-bond acceptors (Lipinski definition) is 12. The molecule has 14 heteroatoms. The summed E-state index contributed by atoms with van der Waals surface area (Å²) < 4.78 is 42.1. The van der Waals surface area contributed by atoms with Crippen LogP contribution in [0.15, 0.2) is 46.4 Å². The fourth-order valence-corrected chi connectivity index (χ4v) is 6.76. The van der Waals surface area contributed by atoms with E-state index in [9.17, 15) is 13.2 Å². The molecule has 214 valence electrons. The molecule has 0 saturated carbocycles. The van der Waals surface area contributed by atoms with Crippen molar-refractivity contribution >= 4 is 48.3 Å². The average Bonchev–Trinajstić information content (AvgIpc) is 3.59. The number of methoxy groups -OCH3 is 1. The van der Waals surface area contributed by atoms with Gasteiger partial charge in [-0.05, 0) is 38.6 Å². The first-order valence-corrected chi connectivity index (χ1v) is 15.2. The van der Waals surface area contributed by atoms with E-state index >= 15 is 0 Å². The predicted octanol–water partition coefficient (Wildman–Crippen LogP) is 2.34. The summed E-state index contributed by atoms with van der Waals surface area (Å²) >= 11 is 1.21. The Labute approximate surface area is 236 Å². The Kier molecular flexibility index (Phi) is 8.61. The fourth-order valence-electron chi connectivity index (χ4n) is 4.35. The molecule has 2 aliphatic heterocycles. The van der Waals surface area contributed by atoms with Crippen LogP contribution in [-0.2, 0) is 28.9 Å². The number of sulfone groups is 1. The van der Waals surface area contributed by atoms with Crippen LogP contribution in [0.4, 0.5) is 5.13 Å². The SMILES string of the molecule is COC[C@@H](C)O/N=C(/C(=O)Nc1nc2ccc(OC3CN(C)C3)nc2s1)c1ccc(S(=O)(=O)[C@H]2CCOC2)cc1. The van der Waals surface area contributed by atoms with Gasteiger partial charge in [-0.25, -0.2) is 18.4 Å². The molecule has 2 atom stereocenters. The Morgan fingerprint density at radius 1 is 1.23 bits per heavy atom. The van der Waals surface area contributed by atoms with E-state index in [1.165, 1.54) is 42.7 Å². The first kappa shape index (κ1) is 28.4. The number of likely N-dealkylation sites (N-methyl/N-ethyl adjacent to an activating group) is 1. The second kappa shape index (κ2) is 12.1. The van der Waals surface area contributed by atoms with Crippen molar-refractivity contribution < 1.29 is 32.3 Å². The summed E-state index contributed by atoms with van der Waals surface area (Å²) in [7, 11) is 0.0101. The molecule has 0 aliphatic carbocycles. The van der Waals surface area contributed by atoms with Crippen LogP contribution >= 0.6 is 11.3 Å². The lowest BCUT2D eigenvalue weighted by molar-refractivity contribution is -0.110. The lowest BCUT2D eigenvalue weighted by atomic mass is 10.1. The van der Waals surface area contributed by atoms with Crippen molar-refractivity contribution in [3.8, 4) is 5.88 Å². The number of hydrogen-bond donors (Lipinski definition) is 1. The first-order chi connectivity index (χ1) is 19.2. The maximum atomic E-state index is 13.4. The van der Waals surface area contributed by atoms with Crippen LogP contribution in [0.3, 0.4) is 0 Å². The van der Waals surface area contributed by atoms with Crippen molar-refractivity contribution in [2.24, 2.45) is 5.16 Å². The number of fused-ring (bicyclic) bond motifs is 1. The summed E-state index contributed by atoms with van der Waals surface area (Å²) in [6.45, 7) is 4.31. The lowest BCUT2D eigenvalue weighted by Crippen LogP contribution is -2.51.